The van der Waals surface area contributed by atoms with Crippen LogP contribution in [0.25, 0.3) is 0 Å². The standard InChI is InChI=1S/C12H20O/c1-12(2,3)11-10-7-4-5-8(10)9(6-7)13-11/h7-11H,4-6H2,1-3H3. The summed E-state index contributed by atoms with van der Waals surface area (Å²) in [5, 5.41) is 0. The predicted molar refractivity (Wildman–Crippen MR) is 52.4 cm³/mol. The minimum atomic E-state index is 0.362. The lowest BCUT2D eigenvalue weighted by atomic mass is 9.77. The number of hydrogen-bond donors (Lipinski definition) is 0. The van der Waals surface area contributed by atoms with Gasteiger partial charge in [-0.15, -0.1) is 0 Å². The Hall–Kier alpha value is -0.0400. The summed E-state index contributed by atoms with van der Waals surface area (Å²) < 4.78 is 6.16. The third kappa shape index (κ3) is 0.971. The van der Waals surface area contributed by atoms with Crippen molar-refractivity contribution in [3.8, 4) is 0 Å². The molecule has 4 bridgehead atoms. The molecule has 1 heteroatoms. The van der Waals surface area contributed by atoms with E-state index in [4.69, 9.17) is 4.74 Å². The molecule has 5 atom stereocenters. The second kappa shape index (κ2) is 2.31. The van der Waals surface area contributed by atoms with E-state index < -0.39 is 0 Å². The largest absolute Gasteiger partial charge is 0.374 e. The molecule has 1 heterocycles. The summed E-state index contributed by atoms with van der Waals surface area (Å²) in [6.07, 6.45) is 5.52. The van der Waals surface area contributed by atoms with Crippen molar-refractivity contribution in [3.63, 3.8) is 0 Å². The summed E-state index contributed by atoms with van der Waals surface area (Å²) in [7, 11) is 0. The highest BCUT2D eigenvalue weighted by molar-refractivity contribution is 5.08. The molecule has 3 rings (SSSR count). The fourth-order valence-corrected chi connectivity index (χ4v) is 4.01. The SMILES string of the molecule is CC(C)(C)C1OC2CC3CCC2C31. The Bertz CT molecular complexity index is 228. The van der Waals surface area contributed by atoms with Crippen molar-refractivity contribution in [2.24, 2.45) is 23.2 Å². The van der Waals surface area contributed by atoms with E-state index in [2.05, 4.69) is 20.8 Å². The second-order valence-corrected chi connectivity index (χ2v) is 6.28. The molecular weight excluding hydrogens is 160 g/mol. The van der Waals surface area contributed by atoms with Crippen LogP contribution in [-0.4, -0.2) is 12.2 Å². The van der Waals surface area contributed by atoms with Gasteiger partial charge in [-0.05, 0) is 42.4 Å². The minimum Gasteiger partial charge on any atom is -0.374 e. The van der Waals surface area contributed by atoms with Crippen molar-refractivity contribution in [3.05, 3.63) is 0 Å². The molecule has 0 radical (unpaired) electrons. The fraction of sp³-hybridized carbons (Fsp3) is 1.00. The molecule has 3 fully saturated rings. The van der Waals surface area contributed by atoms with E-state index in [0.717, 1.165) is 17.8 Å². The minimum absolute atomic E-state index is 0.362. The van der Waals surface area contributed by atoms with Crippen LogP contribution in [0.4, 0.5) is 0 Å². The Morgan fingerprint density at radius 3 is 2.46 bits per heavy atom. The molecule has 0 aromatic carbocycles. The number of hydrogen-bond acceptors (Lipinski definition) is 1. The molecule has 0 aromatic rings. The maximum atomic E-state index is 6.16. The maximum absolute atomic E-state index is 6.16. The van der Waals surface area contributed by atoms with Gasteiger partial charge < -0.3 is 4.74 Å². The van der Waals surface area contributed by atoms with Crippen LogP contribution in [0.3, 0.4) is 0 Å². The van der Waals surface area contributed by atoms with Crippen LogP contribution in [0.5, 0.6) is 0 Å². The highest BCUT2D eigenvalue weighted by Crippen LogP contribution is 2.60. The maximum Gasteiger partial charge on any atom is 0.0661 e. The van der Waals surface area contributed by atoms with Gasteiger partial charge in [-0.1, -0.05) is 20.8 Å². The third-order valence-electron chi connectivity index (χ3n) is 4.45. The van der Waals surface area contributed by atoms with Crippen molar-refractivity contribution < 1.29 is 4.74 Å². The predicted octanol–water partition coefficient (Wildman–Crippen LogP) is 2.85. The average molecular weight is 180 g/mol. The normalized spacial score (nSPS) is 53.3. The van der Waals surface area contributed by atoms with E-state index in [1.807, 2.05) is 0 Å². The summed E-state index contributed by atoms with van der Waals surface area (Å²) in [6, 6.07) is 0. The molecule has 2 saturated carbocycles. The summed E-state index contributed by atoms with van der Waals surface area (Å²) in [5.41, 5.74) is 0.362. The summed E-state index contributed by atoms with van der Waals surface area (Å²) in [4.78, 5) is 0. The lowest BCUT2D eigenvalue weighted by molar-refractivity contribution is -0.0787. The zero-order valence-corrected chi connectivity index (χ0v) is 8.92. The van der Waals surface area contributed by atoms with E-state index in [-0.39, 0.29) is 0 Å². The third-order valence-corrected chi connectivity index (χ3v) is 4.45. The molecule has 74 valence electrons. The van der Waals surface area contributed by atoms with Gasteiger partial charge in [0, 0.05) is 0 Å². The monoisotopic (exact) mass is 180 g/mol. The molecular formula is C12H20O. The Balaban J connectivity index is 1.89. The molecule has 2 aliphatic carbocycles. The van der Waals surface area contributed by atoms with Gasteiger partial charge in [0.25, 0.3) is 0 Å². The molecule has 1 nitrogen and oxygen atoms in total. The van der Waals surface area contributed by atoms with E-state index in [1.54, 1.807) is 0 Å². The molecule has 0 N–H and O–H groups in total. The van der Waals surface area contributed by atoms with Gasteiger partial charge in [-0.25, -0.2) is 0 Å². The summed E-state index contributed by atoms with van der Waals surface area (Å²) in [6.45, 7) is 6.99. The second-order valence-electron chi connectivity index (χ2n) is 6.28. The molecule has 3 aliphatic rings. The highest BCUT2D eigenvalue weighted by Gasteiger charge is 2.60. The van der Waals surface area contributed by atoms with E-state index in [1.165, 1.54) is 19.3 Å². The lowest BCUT2D eigenvalue weighted by Gasteiger charge is -2.36. The van der Waals surface area contributed by atoms with E-state index >= 15 is 0 Å². The van der Waals surface area contributed by atoms with Crippen LogP contribution >= 0.6 is 0 Å². The first-order valence-electron chi connectivity index (χ1n) is 5.73. The van der Waals surface area contributed by atoms with Crippen LogP contribution in [-0.2, 0) is 4.74 Å². The van der Waals surface area contributed by atoms with Crippen molar-refractivity contribution >= 4 is 0 Å². The summed E-state index contributed by atoms with van der Waals surface area (Å²) >= 11 is 0. The molecule has 13 heavy (non-hydrogen) atoms. The number of ether oxygens (including phenoxy) is 1. The Kier molecular flexibility index (Phi) is 1.47. The first-order valence-corrected chi connectivity index (χ1v) is 5.73. The fourth-order valence-electron chi connectivity index (χ4n) is 4.01. The van der Waals surface area contributed by atoms with Crippen molar-refractivity contribution in [1.82, 2.24) is 0 Å². The van der Waals surface area contributed by atoms with Gasteiger partial charge in [0.2, 0.25) is 0 Å². The Labute approximate surface area is 80.8 Å². The molecule has 0 amide bonds. The van der Waals surface area contributed by atoms with Gasteiger partial charge in [-0.2, -0.15) is 0 Å². The van der Waals surface area contributed by atoms with Crippen molar-refractivity contribution in [2.45, 2.75) is 52.2 Å². The summed E-state index contributed by atoms with van der Waals surface area (Å²) in [5.74, 6) is 2.88. The van der Waals surface area contributed by atoms with Crippen LogP contribution in [0.1, 0.15) is 40.0 Å². The van der Waals surface area contributed by atoms with Crippen molar-refractivity contribution in [2.75, 3.05) is 0 Å². The van der Waals surface area contributed by atoms with Crippen LogP contribution in [0, 0.1) is 23.2 Å². The smallest absolute Gasteiger partial charge is 0.0661 e. The molecule has 1 aliphatic heterocycles. The van der Waals surface area contributed by atoms with E-state index in [0.29, 0.717) is 17.6 Å². The Morgan fingerprint density at radius 1 is 1.15 bits per heavy atom. The van der Waals surface area contributed by atoms with Crippen LogP contribution < -0.4 is 0 Å². The lowest BCUT2D eigenvalue weighted by Crippen LogP contribution is -2.37. The molecule has 0 spiro atoms. The van der Waals surface area contributed by atoms with Crippen molar-refractivity contribution in [1.29, 1.82) is 0 Å². The van der Waals surface area contributed by atoms with Gasteiger partial charge in [0.15, 0.2) is 0 Å². The molecule has 0 aromatic heterocycles. The number of rotatable bonds is 0. The van der Waals surface area contributed by atoms with Crippen LogP contribution in [0.2, 0.25) is 0 Å². The first-order chi connectivity index (χ1) is 6.07. The van der Waals surface area contributed by atoms with Gasteiger partial charge in [-0.3, -0.25) is 0 Å². The van der Waals surface area contributed by atoms with Gasteiger partial charge >= 0.3 is 0 Å². The molecule has 1 saturated heterocycles. The molecule has 5 unspecified atom stereocenters. The van der Waals surface area contributed by atoms with Crippen LogP contribution in [0.15, 0.2) is 0 Å². The van der Waals surface area contributed by atoms with Gasteiger partial charge in [0.05, 0.1) is 12.2 Å². The Morgan fingerprint density at radius 2 is 1.92 bits per heavy atom. The van der Waals surface area contributed by atoms with E-state index in [9.17, 15) is 0 Å². The topological polar surface area (TPSA) is 9.23 Å². The average Bonchev–Trinajstić information content (AvgIpc) is 2.65. The zero-order chi connectivity index (χ0) is 9.22. The quantitative estimate of drug-likeness (QED) is 0.557. The first kappa shape index (κ1) is 8.28. The van der Waals surface area contributed by atoms with Gasteiger partial charge in [0.1, 0.15) is 0 Å². The highest BCUT2D eigenvalue weighted by atomic mass is 16.5. The zero-order valence-electron chi connectivity index (χ0n) is 8.92.